The van der Waals surface area contributed by atoms with Crippen LogP contribution in [0.4, 0.5) is 5.69 Å². The van der Waals surface area contributed by atoms with Gasteiger partial charge >= 0.3 is 5.97 Å². The number of benzene rings is 1. The van der Waals surface area contributed by atoms with E-state index in [1.54, 1.807) is 6.07 Å². The van der Waals surface area contributed by atoms with Gasteiger partial charge in [-0.05, 0) is 18.2 Å². The van der Waals surface area contributed by atoms with Crippen molar-refractivity contribution in [2.75, 3.05) is 18.6 Å². The van der Waals surface area contributed by atoms with Crippen LogP contribution in [0.15, 0.2) is 27.6 Å². The lowest BCUT2D eigenvalue weighted by Crippen LogP contribution is -2.03. The van der Waals surface area contributed by atoms with Crippen molar-refractivity contribution in [2.24, 2.45) is 0 Å². The number of ether oxygens (including phenoxy) is 1. The van der Waals surface area contributed by atoms with E-state index >= 15 is 0 Å². The minimum absolute atomic E-state index is 0.252. The van der Waals surface area contributed by atoms with Crippen molar-refractivity contribution in [3.8, 4) is 0 Å². The minimum atomic E-state index is -0.252. The Bertz CT molecular complexity index is 344. The number of hydrogen-bond donors (Lipinski definition) is 1. The van der Waals surface area contributed by atoms with Crippen molar-refractivity contribution in [1.29, 1.82) is 0 Å². The highest BCUT2D eigenvalue weighted by Gasteiger charge is 2.04. The number of halogens is 1. The maximum Gasteiger partial charge on any atom is 0.315 e. The summed E-state index contributed by atoms with van der Waals surface area (Å²) in [4.78, 5) is 11.8. The van der Waals surface area contributed by atoms with Gasteiger partial charge in [0.1, 0.15) is 0 Å². The Labute approximate surface area is 95.1 Å². The predicted molar refractivity (Wildman–Crippen MR) is 61.3 cm³/mol. The molecule has 0 fully saturated rings. The molecular weight excluding hydrogens is 266 g/mol. The number of carbonyl (C=O) groups is 1. The van der Waals surface area contributed by atoms with E-state index in [0.717, 1.165) is 9.37 Å². The number of nitrogen functional groups attached to an aromatic ring is 1. The third kappa shape index (κ3) is 3.23. The first-order chi connectivity index (χ1) is 6.63. The molecule has 0 radical (unpaired) electrons. The summed E-state index contributed by atoms with van der Waals surface area (Å²) in [6.45, 7) is 0. The van der Waals surface area contributed by atoms with Gasteiger partial charge < -0.3 is 10.5 Å². The zero-order valence-corrected chi connectivity index (χ0v) is 10.0. The fraction of sp³-hybridized carbons (Fsp3) is 0.222. The molecular formula is C9H10BrNO2S. The van der Waals surface area contributed by atoms with Crippen LogP contribution in [-0.2, 0) is 9.53 Å². The molecule has 0 saturated heterocycles. The number of thioether (sulfide) groups is 1. The molecule has 0 unspecified atom stereocenters. The van der Waals surface area contributed by atoms with Gasteiger partial charge in [0.2, 0.25) is 0 Å². The maximum absolute atomic E-state index is 10.9. The molecule has 0 saturated carbocycles. The van der Waals surface area contributed by atoms with Crippen LogP contribution in [0.5, 0.6) is 0 Å². The van der Waals surface area contributed by atoms with Crippen LogP contribution in [0.25, 0.3) is 0 Å². The number of rotatable bonds is 3. The standard InChI is InChI=1S/C9H10BrNO2S/c1-13-9(12)5-14-8-3-2-6(10)4-7(8)11/h2-4H,5,11H2,1H3. The van der Waals surface area contributed by atoms with Gasteiger partial charge in [0.15, 0.2) is 0 Å². The second-order valence-electron chi connectivity index (χ2n) is 2.55. The molecule has 5 heteroatoms. The quantitative estimate of drug-likeness (QED) is 0.523. The third-order valence-corrected chi connectivity index (χ3v) is 3.10. The van der Waals surface area contributed by atoms with E-state index in [0.29, 0.717) is 5.69 Å². The first-order valence-electron chi connectivity index (χ1n) is 3.88. The third-order valence-electron chi connectivity index (χ3n) is 1.55. The number of hydrogen-bond acceptors (Lipinski definition) is 4. The molecule has 1 rings (SSSR count). The van der Waals surface area contributed by atoms with Gasteiger partial charge in [-0.25, -0.2) is 0 Å². The molecule has 0 amide bonds. The SMILES string of the molecule is COC(=O)CSc1ccc(Br)cc1N. The lowest BCUT2D eigenvalue weighted by Gasteiger charge is -2.04. The Morgan fingerprint density at radius 1 is 1.64 bits per heavy atom. The molecule has 76 valence electrons. The van der Waals surface area contributed by atoms with Gasteiger partial charge in [0.05, 0.1) is 12.9 Å². The molecule has 1 aromatic rings. The highest BCUT2D eigenvalue weighted by molar-refractivity contribution is 9.10. The minimum Gasteiger partial charge on any atom is -0.468 e. The second kappa shape index (κ2) is 5.26. The van der Waals surface area contributed by atoms with Gasteiger partial charge in [0, 0.05) is 15.1 Å². The highest BCUT2D eigenvalue weighted by atomic mass is 79.9. The molecule has 0 spiro atoms. The van der Waals surface area contributed by atoms with Crippen LogP contribution in [0.1, 0.15) is 0 Å². The largest absolute Gasteiger partial charge is 0.468 e. The van der Waals surface area contributed by atoms with Crippen molar-refractivity contribution >= 4 is 39.3 Å². The average molecular weight is 276 g/mol. The Morgan fingerprint density at radius 2 is 2.36 bits per heavy atom. The fourth-order valence-corrected chi connectivity index (χ4v) is 2.01. The van der Waals surface area contributed by atoms with Crippen LogP contribution in [0.2, 0.25) is 0 Å². The van der Waals surface area contributed by atoms with Gasteiger partial charge in [-0.3, -0.25) is 4.79 Å². The second-order valence-corrected chi connectivity index (χ2v) is 4.48. The van der Waals surface area contributed by atoms with Crippen molar-refractivity contribution in [2.45, 2.75) is 4.90 Å². The van der Waals surface area contributed by atoms with Gasteiger partial charge in [0.25, 0.3) is 0 Å². The number of methoxy groups -OCH3 is 1. The smallest absolute Gasteiger partial charge is 0.315 e. The summed E-state index contributed by atoms with van der Waals surface area (Å²) in [5.41, 5.74) is 6.41. The number of nitrogens with two attached hydrogens (primary N) is 1. The molecule has 0 bridgehead atoms. The predicted octanol–water partition coefficient (Wildman–Crippen LogP) is 2.30. The Balaban J connectivity index is 2.63. The summed E-state index contributed by atoms with van der Waals surface area (Å²) >= 11 is 4.68. The highest BCUT2D eigenvalue weighted by Crippen LogP contribution is 2.27. The van der Waals surface area contributed by atoms with Gasteiger partial charge in [-0.1, -0.05) is 15.9 Å². The maximum atomic E-state index is 10.9. The summed E-state index contributed by atoms with van der Waals surface area (Å²) in [7, 11) is 1.37. The molecule has 2 N–H and O–H groups in total. The van der Waals surface area contributed by atoms with E-state index in [2.05, 4.69) is 20.7 Å². The number of esters is 1. The zero-order chi connectivity index (χ0) is 10.6. The lowest BCUT2D eigenvalue weighted by atomic mass is 10.3. The average Bonchev–Trinajstić information content (AvgIpc) is 2.16. The molecule has 0 aliphatic carbocycles. The molecule has 0 heterocycles. The summed E-state index contributed by atoms with van der Waals surface area (Å²) in [5, 5.41) is 0. The van der Waals surface area contributed by atoms with Crippen LogP contribution in [0.3, 0.4) is 0 Å². The normalized spacial score (nSPS) is 9.86. The summed E-state index contributed by atoms with van der Waals surface area (Å²) in [6, 6.07) is 5.56. The van der Waals surface area contributed by atoms with Gasteiger partial charge in [-0.2, -0.15) is 0 Å². The Hall–Kier alpha value is -0.680. The van der Waals surface area contributed by atoms with E-state index in [1.807, 2.05) is 12.1 Å². The van der Waals surface area contributed by atoms with Gasteiger partial charge in [-0.15, -0.1) is 11.8 Å². The van der Waals surface area contributed by atoms with Crippen molar-refractivity contribution < 1.29 is 9.53 Å². The lowest BCUT2D eigenvalue weighted by molar-refractivity contribution is -0.137. The monoisotopic (exact) mass is 275 g/mol. The van der Waals surface area contributed by atoms with E-state index in [9.17, 15) is 4.79 Å². The van der Waals surface area contributed by atoms with E-state index in [-0.39, 0.29) is 11.7 Å². The molecule has 1 aromatic carbocycles. The molecule has 0 aliphatic rings. The number of anilines is 1. The molecule has 3 nitrogen and oxygen atoms in total. The van der Waals surface area contributed by atoms with Crippen LogP contribution in [0, 0.1) is 0 Å². The summed E-state index contributed by atoms with van der Waals surface area (Å²) in [6.07, 6.45) is 0. The molecule has 0 atom stereocenters. The summed E-state index contributed by atoms with van der Waals surface area (Å²) in [5.74, 6) is 0.0276. The van der Waals surface area contributed by atoms with E-state index in [1.165, 1.54) is 18.9 Å². The zero-order valence-electron chi connectivity index (χ0n) is 7.62. The fourth-order valence-electron chi connectivity index (χ4n) is 0.846. The Kier molecular flexibility index (Phi) is 4.28. The Morgan fingerprint density at radius 3 is 2.93 bits per heavy atom. The van der Waals surface area contributed by atoms with Crippen LogP contribution in [-0.4, -0.2) is 18.8 Å². The van der Waals surface area contributed by atoms with Crippen molar-refractivity contribution in [3.05, 3.63) is 22.7 Å². The molecule has 0 aliphatic heterocycles. The van der Waals surface area contributed by atoms with Crippen LogP contribution < -0.4 is 5.73 Å². The molecule has 0 aromatic heterocycles. The first kappa shape index (κ1) is 11.4. The summed E-state index contributed by atoms with van der Waals surface area (Å²) < 4.78 is 5.45. The van der Waals surface area contributed by atoms with Crippen LogP contribution >= 0.6 is 27.7 Å². The molecule has 14 heavy (non-hydrogen) atoms. The van der Waals surface area contributed by atoms with E-state index in [4.69, 9.17) is 5.73 Å². The van der Waals surface area contributed by atoms with Crippen molar-refractivity contribution in [1.82, 2.24) is 0 Å². The first-order valence-corrected chi connectivity index (χ1v) is 5.66. The van der Waals surface area contributed by atoms with Crippen molar-refractivity contribution in [3.63, 3.8) is 0 Å². The number of carbonyl (C=O) groups excluding carboxylic acids is 1. The topological polar surface area (TPSA) is 52.3 Å². The van der Waals surface area contributed by atoms with E-state index < -0.39 is 0 Å².